The van der Waals surface area contributed by atoms with Gasteiger partial charge in [0.2, 0.25) is 0 Å². The van der Waals surface area contributed by atoms with Gasteiger partial charge >= 0.3 is 0 Å². The molecule has 0 radical (unpaired) electrons. The van der Waals surface area contributed by atoms with E-state index in [2.05, 4.69) is 16.9 Å². The van der Waals surface area contributed by atoms with E-state index in [9.17, 15) is 4.79 Å². The molecule has 0 aliphatic rings. The number of aryl methyl sites for hydroxylation is 1. The standard InChI is InChI=1S/C14H16N2O2/c1-4-8-15-14(17)12-9(2)16-13-10(12)6-5-7-11(13)18-3/h4-7,16H,1,8H2,2-3H3,(H,15,17). The summed E-state index contributed by atoms with van der Waals surface area (Å²) in [5, 5.41) is 3.66. The lowest BCUT2D eigenvalue weighted by atomic mass is 10.1. The van der Waals surface area contributed by atoms with E-state index in [1.54, 1.807) is 13.2 Å². The minimum absolute atomic E-state index is 0.105. The Hall–Kier alpha value is -2.23. The Balaban J connectivity index is 2.54. The number of aromatic nitrogens is 1. The second kappa shape index (κ2) is 4.96. The number of benzene rings is 1. The fourth-order valence-corrected chi connectivity index (χ4v) is 2.04. The lowest BCUT2D eigenvalue weighted by molar-refractivity contribution is 0.0959. The minimum atomic E-state index is -0.105. The molecular weight excluding hydrogens is 228 g/mol. The normalized spacial score (nSPS) is 10.3. The summed E-state index contributed by atoms with van der Waals surface area (Å²) >= 11 is 0. The topological polar surface area (TPSA) is 54.1 Å². The number of carbonyl (C=O) groups is 1. The molecule has 0 saturated heterocycles. The zero-order valence-electron chi connectivity index (χ0n) is 10.5. The lowest BCUT2D eigenvalue weighted by Gasteiger charge is -2.03. The number of H-pyrrole nitrogens is 1. The van der Waals surface area contributed by atoms with Crippen LogP contribution in [-0.2, 0) is 0 Å². The van der Waals surface area contributed by atoms with Gasteiger partial charge in [-0.3, -0.25) is 4.79 Å². The highest BCUT2D eigenvalue weighted by Crippen LogP contribution is 2.29. The Morgan fingerprint density at radius 1 is 1.56 bits per heavy atom. The molecule has 2 N–H and O–H groups in total. The molecule has 2 rings (SSSR count). The second-order valence-corrected chi connectivity index (χ2v) is 4.01. The second-order valence-electron chi connectivity index (χ2n) is 4.01. The molecule has 1 aromatic carbocycles. The SMILES string of the molecule is C=CCNC(=O)c1c(C)[nH]c2c(OC)cccc12. The molecule has 0 bridgehead atoms. The largest absolute Gasteiger partial charge is 0.495 e. The predicted octanol–water partition coefficient (Wildman–Crippen LogP) is 2.40. The average Bonchev–Trinajstić information content (AvgIpc) is 2.71. The van der Waals surface area contributed by atoms with Gasteiger partial charge in [0.25, 0.3) is 5.91 Å². The number of amides is 1. The van der Waals surface area contributed by atoms with Crippen molar-refractivity contribution in [2.24, 2.45) is 0 Å². The third-order valence-electron chi connectivity index (χ3n) is 2.84. The third kappa shape index (κ3) is 1.97. The van der Waals surface area contributed by atoms with Gasteiger partial charge in [0.15, 0.2) is 0 Å². The van der Waals surface area contributed by atoms with Crippen LogP contribution in [0.25, 0.3) is 10.9 Å². The van der Waals surface area contributed by atoms with Gasteiger partial charge in [-0.1, -0.05) is 18.2 Å². The quantitative estimate of drug-likeness (QED) is 0.811. The molecule has 1 heterocycles. The highest BCUT2D eigenvalue weighted by atomic mass is 16.5. The number of rotatable bonds is 4. The summed E-state index contributed by atoms with van der Waals surface area (Å²) in [5.41, 5.74) is 2.34. The van der Waals surface area contributed by atoms with Crippen LogP contribution in [0.2, 0.25) is 0 Å². The van der Waals surface area contributed by atoms with Crippen molar-refractivity contribution in [3.63, 3.8) is 0 Å². The van der Waals surface area contributed by atoms with E-state index in [0.717, 1.165) is 22.3 Å². The molecule has 0 atom stereocenters. The summed E-state index contributed by atoms with van der Waals surface area (Å²) in [6.45, 7) is 5.91. The number of nitrogens with one attached hydrogen (secondary N) is 2. The maximum Gasteiger partial charge on any atom is 0.253 e. The number of para-hydroxylation sites is 1. The maximum absolute atomic E-state index is 12.1. The van der Waals surface area contributed by atoms with Crippen LogP contribution >= 0.6 is 0 Å². The fourth-order valence-electron chi connectivity index (χ4n) is 2.04. The van der Waals surface area contributed by atoms with Crippen LogP contribution in [-0.4, -0.2) is 24.5 Å². The summed E-state index contributed by atoms with van der Waals surface area (Å²) < 4.78 is 5.28. The first-order valence-corrected chi connectivity index (χ1v) is 5.73. The molecule has 0 fully saturated rings. The van der Waals surface area contributed by atoms with Crippen LogP contribution in [0.4, 0.5) is 0 Å². The first-order chi connectivity index (χ1) is 8.69. The van der Waals surface area contributed by atoms with Crippen LogP contribution in [0.5, 0.6) is 5.75 Å². The van der Waals surface area contributed by atoms with E-state index in [4.69, 9.17) is 4.74 Å². The molecule has 1 aromatic heterocycles. The number of hydrogen-bond acceptors (Lipinski definition) is 2. The van der Waals surface area contributed by atoms with E-state index < -0.39 is 0 Å². The summed E-state index contributed by atoms with van der Waals surface area (Å²) in [6, 6.07) is 5.65. The highest BCUT2D eigenvalue weighted by Gasteiger charge is 2.17. The molecule has 0 aliphatic heterocycles. The lowest BCUT2D eigenvalue weighted by Crippen LogP contribution is -2.23. The van der Waals surface area contributed by atoms with Crippen molar-refractivity contribution in [2.75, 3.05) is 13.7 Å². The fraction of sp³-hybridized carbons (Fsp3) is 0.214. The number of hydrogen-bond donors (Lipinski definition) is 2. The molecule has 1 amide bonds. The zero-order chi connectivity index (χ0) is 13.1. The smallest absolute Gasteiger partial charge is 0.253 e. The third-order valence-corrected chi connectivity index (χ3v) is 2.84. The molecular formula is C14H16N2O2. The Labute approximate surface area is 106 Å². The number of methoxy groups -OCH3 is 1. The maximum atomic E-state index is 12.1. The van der Waals surface area contributed by atoms with Crippen molar-refractivity contribution in [1.82, 2.24) is 10.3 Å². The first kappa shape index (κ1) is 12.2. The van der Waals surface area contributed by atoms with Gasteiger partial charge in [-0.15, -0.1) is 6.58 Å². The van der Waals surface area contributed by atoms with Gasteiger partial charge in [0.1, 0.15) is 5.75 Å². The Morgan fingerprint density at radius 2 is 2.33 bits per heavy atom. The predicted molar refractivity (Wildman–Crippen MR) is 72.1 cm³/mol. The van der Waals surface area contributed by atoms with E-state index >= 15 is 0 Å². The van der Waals surface area contributed by atoms with E-state index in [1.807, 2.05) is 25.1 Å². The monoisotopic (exact) mass is 244 g/mol. The number of carbonyl (C=O) groups excluding carboxylic acids is 1. The Morgan fingerprint density at radius 3 is 3.00 bits per heavy atom. The van der Waals surface area contributed by atoms with E-state index in [0.29, 0.717) is 12.1 Å². The molecule has 0 spiro atoms. The van der Waals surface area contributed by atoms with Gasteiger partial charge in [0, 0.05) is 17.6 Å². The Kier molecular flexibility index (Phi) is 3.37. The summed E-state index contributed by atoms with van der Waals surface area (Å²) in [6.07, 6.45) is 1.66. The van der Waals surface area contributed by atoms with Crippen LogP contribution < -0.4 is 10.1 Å². The van der Waals surface area contributed by atoms with Gasteiger partial charge in [0.05, 0.1) is 18.2 Å². The minimum Gasteiger partial charge on any atom is -0.495 e. The summed E-state index contributed by atoms with van der Waals surface area (Å²) in [5.74, 6) is 0.630. The number of fused-ring (bicyclic) bond motifs is 1. The van der Waals surface area contributed by atoms with Crippen LogP contribution in [0.1, 0.15) is 16.1 Å². The Bertz CT molecular complexity index is 599. The van der Waals surface area contributed by atoms with Gasteiger partial charge < -0.3 is 15.0 Å². The number of aromatic amines is 1. The van der Waals surface area contributed by atoms with Crippen LogP contribution in [0.3, 0.4) is 0 Å². The number of ether oxygens (including phenoxy) is 1. The van der Waals surface area contributed by atoms with Crippen molar-refractivity contribution in [2.45, 2.75) is 6.92 Å². The molecule has 0 saturated carbocycles. The van der Waals surface area contributed by atoms with Crippen molar-refractivity contribution in [3.05, 3.63) is 42.1 Å². The van der Waals surface area contributed by atoms with Crippen LogP contribution in [0, 0.1) is 6.92 Å². The molecule has 2 aromatic rings. The molecule has 4 heteroatoms. The van der Waals surface area contributed by atoms with Crippen molar-refractivity contribution in [3.8, 4) is 5.75 Å². The summed E-state index contributed by atoms with van der Waals surface area (Å²) in [4.78, 5) is 15.3. The van der Waals surface area contributed by atoms with Crippen molar-refractivity contribution < 1.29 is 9.53 Å². The molecule has 0 aliphatic carbocycles. The van der Waals surface area contributed by atoms with Gasteiger partial charge in [-0.05, 0) is 13.0 Å². The van der Waals surface area contributed by atoms with Crippen LogP contribution in [0.15, 0.2) is 30.9 Å². The molecule has 18 heavy (non-hydrogen) atoms. The van der Waals surface area contributed by atoms with E-state index in [-0.39, 0.29) is 5.91 Å². The average molecular weight is 244 g/mol. The van der Waals surface area contributed by atoms with Gasteiger partial charge in [-0.25, -0.2) is 0 Å². The highest BCUT2D eigenvalue weighted by molar-refractivity contribution is 6.09. The van der Waals surface area contributed by atoms with E-state index in [1.165, 1.54) is 0 Å². The van der Waals surface area contributed by atoms with Crippen molar-refractivity contribution in [1.29, 1.82) is 0 Å². The van der Waals surface area contributed by atoms with Crippen molar-refractivity contribution >= 4 is 16.8 Å². The van der Waals surface area contributed by atoms with Gasteiger partial charge in [-0.2, -0.15) is 0 Å². The first-order valence-electron chi connectivity index (χ1n) is 5.73. The molecule has 4 nitrogen and oxygen atoms in total. The molecule has 0 unspecified atom stereocenters. The summed E-state index contributed by atoms with van der Waals surface area (Å²) in [7, 11) is 1.61. The zero-order valence-corrected chi connectivity index (χ0v) is 10.5. The molecule has 94 valence electrons.